The predicted molar refractivity (Wildman–Crippen MR) is 56.9 cm³/mol. The molecule has 0 saturated carbocycles. The third-order valence-electron chi connectivity index (χ3n) is 1.89. The van der Waals surface area contributed by atoms with E-state index in [1.807, 2.05) is 33.0 Å². The second-order valence-corrected chi connectivity index (χ2v) is 2.70. The maximum Gasteiger partial charge on any atom is 0.141 e. The van der Waals surface area contributed by atoms with E-state index in [0.717, 1.165) is 16.5 Å². The summed E-state index contributed by atoms with van der Waals surface area (Å²) >= 11 is 0. The van der Waals surface area contributed by atoms with Crippen LogP contribution in [-0.2, 0) is 0 Å². The molecular formula is C11H13N3. The van der Waals surface area contributed by atoms with Crippen molar-refractivity contribution in [2.45, 2.75) is 20.8 Å². The first-order valence-electron chi connectivity index (χ1n) is 4.65. The molecule has 3 heteroatoms. The SMILES string of the molecule is CC.Cc1c[nH]c2cnc(C#N)cc12. The van der Waals surface area contributed by atoms with E-state index >= 15 is 0 Å². The molecule has 2 heterocycles. The van der Waals surface area contributed by atoms with Crippen LogP contribution in [0.1, 0.15) is 25.1 Å². The first-order valence-corrected chi connectivity index (χ1v) is 4.65. The number of aromatic nitrogens is 2. The van der Waals surface area contributed by atoms with Gasteiger partial charge in [0.25, 0.3) is 0 Å². The van der Waals surface area contributed by atoms with E-state index in [4.69, 9.17) is 5.26 Å². The standard InChI is InChI=1S/C9H7N3.C2H6/c1-6-4-12-9-5-11-7(3-10)2-8(6)9;1-2/h2,4-5,12H,1H3;1-2H3. The lowest BCUT2D eigenvalue weighted by Gasteiger charge is -1.90. The predicted octanol–water partition coefficient (Wildman–Crippen LogP) is 2.77. The summed E-state index contributed by atoms with van der Waals surface area (Å²) in [6.07, 6.45) is 3.59. The molecule has 2 aromatic rings. The van der Waals surface area contributed by atoms with Crippen LogP contribution in [0, 0.1) is 18.3 Å². The topological polar surface area (TPSA) is 52.5 Å². The Balaban J connectivity index is 0.000000461. The van der Waals surface area contributed by atoms with Gasteiger partial charge in [-0.2, -0.15) is 5.26 Å². The highest BCUT2D eigenvalue weighted by Gasteiger charge is 2.00. The van der Waals surface area contributed by atoms with Gasteiger partial charge in [-0.1, -0.05) is 13.8 Å². The van der Waals surface area contributed by atoms with Crippen molar-refractivity contribution in [2.24, 2.45) is 0 Å². The number of nitrogens with one attached hydrogen (secondary N) is 1. The quantitative estimate of drug-likeness (QED) is 0.689. The van der Waals surface area contributed by atoms with Crippen LogP contribution in [0.3, 0.4) is 0 Å². The van der Waals surface area contributed by atoms with Gasteiger partial charge in [-0.15, -0.1) is 0 Å². The number of pyridine rings is 1. The summed E-state index contributed by atoms with van der Waals surface area (Å²) in [6.45, 7) is 6.00. The normalized spacial score (nSPS) is 9.00. The Morgan fingerprint density at radius 3 is 2.79 bits per heavy atom. The van der Waals surface area contributed by atoms with E-state index in [1.54, 1.807) is 12.3 Å². The van der Waals surface area contributed by atoms with Crippen LogP contribution in [0.4, 0.5) is 0 Å². The van der Waals surface area contributed by atoms with Crippen LogP contribution in [-0.4, -0.2) is 9.97 Å². The van der Waals surface area contributed by atoms with Gasteiger partial charge in [0.1, 0.15) is 11.8 Å². The van der Waals surface area contributed by atoms with E-state index in [1.165, 1.54) is 0 Å². The average molecular weight is 187 g/mol. The Morgan fingerprint density at radius 2 is 2.14 bits per heavy atom. The molecule has 0 saturated heterocycles. The molecule has 0 aliphatic rings. The maximum atomic E-state index is 8.60. The van der Waals surface area contributed by atoms with Gasteiger partial charge in [0.15, 0.2) is 0 Å². The van der Waals surface area contributed by atoms with E-state index in [0.29, 0.717) is 5.69 Å². The van der Waals surface area contributed by atoms with Crippen molar-refractivity contribution in [1.29, 1.82) is 5.26 Å². The zero-order valence-electron chi connectivity index (χ0n) is 8.63. The van der Waals surface area contributed by atoms with E-state index in [9.17, 15) is 0 Å². The van der Waals surface area contributed by atoms with Crippen molar-refractivity contribution in [3.05, 3.63) is 29.7 Å². The zero-order valence-corrected chi connectivity index (χ0v) is 8.63. The number of aromatic amines is 1. The molecule has 2 aromatic heterocycles. The van der Waals surface area contributed by atoms with Gasteiger partial charge in [0.2, 0.25) is 0 Å². The van der Waals surface area contributed by atoms with E-state index < -0.39 is 0 Å². The van der Waals surface area contributed by atoms with Crippen LogP contribution < -0.4 is 0 Å². The van der Waals surface area contributed by atoms with Crippen LogP contribution in [0.5, 0.6) is 0 Å². The summed E-state index contributed by atoms with van der Waals surface area (Å²) in [7, 11) is 0. The fourth-order valence-corrected chi connectivity index (χ4v) is 1.22. The fraction of sp³-hybridized carbons (Fsp3) is 0.273. The zero-order chi connectivity index (χ0) is 10.6. The smallest absolute Gasteiger partial charge is 0.141 e. The van der Waals surface area contributed by atoms with Crippen molar-refractivity contribution in [1.82, 2.24) is 9.97 Å². The van der Waals surface area contributed by atoms with E-state index in [-0.39, 0.29) is 0 Å². The van der Waals surface area contributed by atoms with Crippen molar-refractivity contribution in [3.63, 3.8) is 0 Å². The highest BCUT2D eigenvalue weighted by atomic mass is 14.7. The minimum Gasteiger partial charge on any atom is -0.360 e. The average Bonchev–Trinajstić information content (AvgIpc) is 2.63. The number of aryl methyl sites for hydroxylation is 1. The fourth-order valence-electron chi connectivity index (χ4n) is 1.22. The van der Waals surface area contributed by atoms with Crippen molar-refractivity contribution >= 4 is 10.9 Å². The summed E-state index contributed by atoms with van der Waals surface area (Å²) in [4.78, 5) is 7.01. The molecule has 0 unspecified atom stereocenters. The first-order chi connectivity index (χ1) is 6.81. The number of rotatable bonds is 0. The Bertz CT molecular complexity index is 463. The highest BCUT2D eigenvalue weighted by Crippen LogP contribution is 2.16. The molecular weight excluding hydrogens is 174 g/mol. The molecule has 0 aliphatic heterocycles. The van der Waals surface area contributed by atoms with Crippen LogP contribution in [0.25, 0.3) is 10.9 Å². The molecule has 2 rings (SSSR count). The summed E-state index contributed by atoms with van der Waals surface area (Å²) in [6, 6.07) is 3.80. The van der Waals surface area contributed by atoms with E-state index in [2.05, 4.69) is 9.97 Å². The molecule has 72 valence electrons. The number of nitrogens with zero attached hydrogens (tertiary/aromatic N) is 2. The molecule has 0 amide bonds. The van der Waals surface area contributed by atoms with Gasteiger partial charge in [0.05, 0.1) is 11.7 Å². The minimum atomic E-state index is 0.463. The third kappa shape index (κ3) is 1.74. The molecule has 14 heavy (non-hydrogen) atoms. The van der Waals surface area contributed by atoms with Crippen LogP contribution in [0.2, 0.25) is 0 Å². The van der Waals surface area contributed by atoms with Crippen molar-refractivity contribution in [3.8, 4) is 6.07 Å². The molecule has 0 bridgehead atoms. The molecule has 1 N–H and O–H groups in total. The lowest BCUT2D eigenvalue weighted by Crippen LogP contribution is -1.80. The van der Waals surface area contributed by atoms with Gasteiger partial charge in [-0.3, -0.25) is 0 Å². The lowest BCUT2D eigenvalue weighted by molar-refractivity contribution is 1.28. The van der Waals surface area contributed by atoms with Gasteiger partial charge in [-0.05, 0) is 18.6 Å². The molecule has 0 spiro atoms. The number of fused-ring (bicyclic) bond motifs is 1. The summed E-state index contributed by atoms with van der Waals surface area (Å²) in [5, 5.41) is 9.67. The van der Waals surface area contributed by atoms with Gasteiger partial charge >= 0.3 is 0 Å². The number of hydrogen-bond acceptors (Lipinski definition) is 2. The second-order valence-electron chi connectivity index (χ2n) is 2.70. The van der Waals surface area contributed by atoms with Gasteiger partial charge < -0.3 is 4.98 Å². The molecule has 0 aromatic carbocycles. The Kier molecular flexibility index (Phi) is 3.24. The number of nitriles is 1. The van der Waals surface area contributed by atoms with Crippen LogP contribution in [0.15, 0.2) is 18.5 Å². The molecule has 0 aliphatic carbocycles. The van der Waals surface area contributed by atoms with Crippen LogP contribution >= 0.6 is 0 Å². The largest absolute Gasteiger partial charge is 0.360 e. The minimum absolute atomic E-state index is 0.463. The molecule has 0 radical (unpaired) electrons. The van der Waals surface area contributed by atoms with Gasteiger partial charge in [-0.25, -0.2) is 4.98 Å². The molecule has 0 atom stereocenters. The van der Waals surface area contributed by atoms with Gasteiger partial charge in [0, 0.05) is 11.6 Å². The summed E-state index contributed by atoms with van der Waals surface area (Å²) < 4.78 is 0. The maximum absolute atomic E-state index is 8.60. The highest BCUT2D eigenvalue weighted by molar-refractivity contribution is 5.82. The number of H-pyrrole nitrogens is 1. The lowest BCUT2D eigenvalue weighted by atomic mass is 10.2. The number of hydrogen-bond donors (Lipinski definition) is 1. The third-order valence-corrected chi connectivity index (χ3v) is 1.89. The Hall–Kier alpha value is -1.82. The molecule has 0 fully saturated rings. The van der Waals surface area contributed by atoms with Crippen molar-refractivity contribution < 1.29 is 0 Å². The Morgan fingerprint density at radius 1 is 1.43 bits per heavy atom. The molecule has 3 nitrogen and oxygen atoms in total. The summed E-state index contributed by atoms with van der Waals surface area (Å²) in [5.74, 6) is 0. The second kappa shape index (κ2) is 4.43. The van der Waals surface area contributed by atoms with Crippen molar-refractivity contribution in [2.75, 3.05) is 0 Å². The first kappa shape index (κ1) is 10.3. The monoisotopic (exact) mass is 187 g/mol. The Labute approximate surface area is 83.4 Å². The summed E-state index contributed by atoms with van der Waals surface area (Å²) in [5.41, 5.74) is 2.58.